The zero-order valence-corrected chi connectivity index (χ0v) is 17.8. The molecule has 0 aliphatic carbocycles. The normalized spacial score (nSPS) is 10.6. The first-order valence-corrected chi connectivity index (χ1v) is 9.78. The van der Waals surface area contributed by atoms with Gasteiger partial charge in [-0.05, 0) is 60.7 Å². The maximum atomic E-state index is 12.6. The van der Waals surface area contributed by atoms with Crippen LogP contribution in [0, 0.1) is 0 Å². The van der Waals surface area contributed by atoms with E-state index in [2.05, 4.69) is 5.32 Å². The third-order valence-electron chi connectivity index (χ3n) is 5.01. The van der Waals surface area contributed by atoms with E-state index in [9.17, 15) is 9.59 Å². The summed E-state index contributed by atoms with van der Waals surface area (Å²) in [6.07, 6.45) is 0. The highest BCUT2D eigenvalue weighted by Crippen LogP contribution is 2.29. The van der Waals surface area contributed by atoms with Crippen molar-refractivity contribution in [1.29, 1.82) is 0 Å². The molecule has 4 rings (SSSR count). The summed E-state index contributed by atoms with van der Waals surface area (Å²) in [6, 6.07) is 18.5. The second-order valence-electron chi connectivity index (χ2n) is 6.94. The molecule has 0 aliphatic rings. The molecule has 1 amide bonds. The average Bonchev–Trinajstić information content (AvgIpc) is 2.83. The number of amides is 1. The predicted octanol–water partition coefficient (Wildman–Crippen LogP) is 4.74. The van der Waals surface area contributed by atoms with E-state index in [4.69, 9.17) is 18.6 Å². The fourth-order valence-electron chi connectivity index (χ4n) is 3.30. The summed E-state index contributed by atoms with van der Waals surface area (Å²) in [5.74, 6) is 1.76. The largest absolute Gasteiger partial charge is 0.497 e. The Morgan fingerprint density at radius 3 is 2.25 bits per heavy atom. The van der Waals surface area contributed by atoms with Crippen LogP contribution in [0.4, 0.5) is 5.69 Å². The third kappa shape index (κ3) is 4.13. The topological polar surface area (TPSA) is 87.0 Å². The zero-order valence-electron chi connectivity index (χ0n) is 17.8. The van der Waals surface area contributed by atoms with Crippen LogP contribution in [-0.4, -0.2) is 27.2 Å². The Labute approximate surface area is 184 Å². The molecular formula is C25H21NO6. The van der Waals surface area contributed by atoms with Gasteiger partial charge in [0.2, 0.25) is 0 Å². The lowest BCUT2D eigenvalue weighted by molar-refractivity contribution is 0.102. The van der Waals surface area contributed by atoms with Gasteiger partial charge < -0.3 is 23.9 Å². The van der Waals surface area contributed by atoms with Crippen LogP contribution in [-0.2, 0) is 0 Å². The highest BCUT2D eigenvalue weighted by molar-refractivity contribution is 6.04. The van der Waals surface area contributed by atoms with Gasteiger partial charge in [0.15, 0.2) is 16.9 Å². The van der Waals surface area contributed by atoms with Crippen molar-refractivity contribution in [3.05, 3.63) is 82.5 Å². The number of anilines is 1. The number of nitrogens with one attached hydrogen (secondary N) is 1. The van der Waals surface area contributed by atoms with E-state index in [0.717, 1.165) is 0 Å². The molecule has 7 nitrogen and oxygen atoms in total. The lowest BCUT2D eigenvalue weighted by Gasteiger charge is -2.10. The van der Waals surface area contributed by atoms with Gasteiger partial charge in [-0.3, -0.25) is 9.59 Å². The van der Waals surface area contributed by atoms with Crippen LogP contribution in [0.15, 0.2) is 75.9 Å². The molecule has 0 saturated carbocycles. The van der Waals surface area contributed by atoms with E-state index in [0.29, 0.717) is 50.8 Å². The first-order chi connectivity index (χ1) is 15.5. The number of ether oxygens (including phenoxy) is 3. The second-order valence-corrected chi connectivity index (χ2v) is 6.94. The summed E-state index contributed by atoms with van der Waals surface area (Å²) in [7, 11) is 4.59. The Bertz CT molecular complexity index is 1340. The lowest BCUT2D eigenvalue weighted by Crippen LogP contribution is -2.12. The van der Waals surface area contributed by atoms with E-state index in [-0.39, 0.29) is 11.3 Å². The standard InChI is InChI=1S/C25H21NO6/c1-29-18-9-11-21-19(13-18)20(27)14-23(32-21)15-4-7-17(8-5-15)26-25(28)16-6-10-22(30-2)24(12-16)31-3/h4-14H,1-3H3,(H,26,28). The Hall–Kier alpha value is -4.26. The maximum absolute atomic E-state index is 12.6. The minimum absolute atomic E-state index is 0.161. The highest BCUT2D eigenvalue weighted by Gasteiger charge is 2.12. The van der Waals surface area contributed by atoms with Crippen LogP contribution in [0.5, 0.6) is 17.2 Å². The Morgan fingerprint density at radius 2 is 1.56 bits per heavy atom. The molecule has 0 aliphatic heterocycles. The molecule has 0 saturated heterocycles. The highest BCUT2D eigenvalue weighted by atomic mass is 16.5. The number of carbonyl (C=O) groups is 1. The maximum Gasteiger partial charge on any atom is 0.255 e. The van der Waals surface area contributed by atoms with Gasteiger partial charge in [-0.15, -0.1) is 0 Å². The van der Waals surface area contributed by atoms with Gasteiger partial charge in [-0.2, -0.15) is 0 Å². The van der Waals surface area contributed by atoms with Gasteiger partial charge in [0, 0.05) is 22.9 Å². The fourth-order valence-corrected chi connectivity index (χ4v) is 3.30. The Kier molecular flexibility index (Phi) is 5.81. The van der Waals surface area contributed by atoms with Crippen molar-refractivity contribution < 1.29 is 23.4 Å². The van der Waals surface area contributed by atoms with Crippen molar-refractivity contribution in [2.45, 2.75) is 0 Å². The molecule has 0 bridgehead atoms. The summed E-state index contributed by atoms with van der Waals surface area (Å²) in [5.41, 5.74) is 2.05. The van der Waals surface area contributed by atoms with Crippen LogP contribution in [0.25, 0.3) is 22.3 Å². The van der Waals surface area contributed by atoms with Gasteiger partial charge in [0.25, 0.3) is 5.91 Å². The van der Waals surface area contributed by atoms with Crippen LogP contribution in [0.3, 0.4) is 0 Å². The quantitative estimate of drug-likeness (QED) is 0.475. The molecule has 7 heteroatoms. The SMILES string of the molecule is COc1ccc2oc(-c3ccc(NC(=O)c4ccc(OC)c(OC)c4)cc3)cc(=O)c2c1. The Balaban J connectivity index is 1.56. The van der Waals surface area contributed by atoms with Crippen molar-refractivity contribution in [3.63, 3.8) is 0 Å². The number of hydrogen-bond acceptors (Lipinski definition) is 6. The molecule has 0 unspecified atom stereocenters. The molecule has 1 heterocycles. The lowest BCUT2D eigenvalue weighted by atomic mass is 10.1. The Morgan fingerprint density at radius 1 is 0.812 bits per heavy atom. The zero-order chi connectivity index (χ0) is 22.7. The van der Waals surface area contributed by atoms with E-state index in [1.807, 2.05) is 0 Å². The fraction of sp³-hybridized carbons (Fsp3) is 0.120. The summed E-state index contributed by atoms with van der Waals surface area (Å²) in [4.78, 5) is 25.1. The minimum Gasteiger partial charge on any atom is -0.497 e. The number of hydrogen-bond donors (Lipinski definition) is 1. The molecule has 1 N–H and O–H groups in total. The van der Waals surface area contributed by atoms with Gasteiger partial charge in [0.05, 0.1) is 26.7 Å². The number of fused-ring (bicyclic) bond motifs is 1. The molecule has 0 spiro atoms. The molecular weight excluding hydrogens is 410 g/mol. The van der Waals surface area contributed by atoms with Gasteiger partial charge in [-0.1, -0.05) is 0 Å². The van der Waals surface area contributed by atoms with Crippen LogP contribution < -0.4 is 25.0 Å². The van der Waals surface area contributed by atoms with Gasteiger partial charge >= 0.3 is 0 Å². The number of carbonyl (C=O) groups excluding carboxylic acids is 1. The van der Waals surface area contributed by atoms with Crippen molar-refractivity contribution in [3.8, 4) is 28.6 Å². The van der Waals surface area contributed by atoms with Crippen LogP contribution >= 0.6 is 0 Å². The molecule has 3 aromatic carbocycles. The van der Waals surface area contributed by atoms with Crippen LogP contribution in [0.1, 0.15) is 10.4 Å². The average molecular weight is 431 g/mol. The number of rotatable bonds is 6. The van der Waals surface area contributed by atoms with Gasteiger partial charge in [0.1, 0.15) is 17.1 Å². The smallest absolute Gasteiger partial charge is 0.255 e. The van der Waals surface area contributed by atoms with Crippen molar-refractivity contribution in [1.82, 2.24) is 0 Å². The summed E-state index contributed by atoms with van der Waals surface area (Å²) >= 11 is 0. The molecule has 4 aromatic rings. The monoisotopic (exact) mass is 431 g/mol. The molecule has 32 heavy (non-hydrogen) atoms. The third-order valence-corrected chi connectivity index (χ3v) is 5.01. The number of methoxy groups -OCH3 is 3. The molecule has 1 aromatic heterocycles. The van der Waals surface area contributed by atoms with E-state index < -0.39 is 0 Å². The van der Waals surface area contributed by atoms with Crippen LogP contribution in [0.2, 0.25) is 0 Å². The van der Waals surface area contributed by atoms with E-state index in [1.54, 1.807) is 67.8 Å². The summed E-state index contributed by atoms with van der Waals surface area (Å²) in [6.45, 7) is 0. The molecule has 0 fully saturated rings. The van der Waals surface area contributed by atoms with E-state index >= 15 is 0 Å². The van der Waals surface area contributed by atoms with Gasteiger partial charge in [-0.25, -0.2) is 0 Å². The van der Waals surface area contributed by atoms with Crippen molar-refractivity contribution in [2.75, 3.05) is 26.6 Å². The molecule has 162 valence electrons. The first kappa shape index (κ1) is 21.0. The minimum atomic E-state index is -0.287. The van der Waals surface area contributed by atoms with E-state index in [1.165, 1.54) is 20.3 Å². The molecule has 0 radical (unpaired) electrons. The second kappa shape index (κ2) is 8.85. The predicted molar refractivity (Wildman–Crippen MR) is 122 cm³/mol. The molecule has 0 atom stereocenters. The van der Waals surface area contributed by atoms with Crippen molar-refractivity contribution in [2.24, 2.45) is 0 Å². The first-order valence-electron chi connectivity index (χ1n) is 9.78. The number of benzene rings is 3. The summed E-state index contributed by atoms with van der Waals surface area (Å²) in [5, 5.41) is 3.29. The summed E-state index contributed by atoms with van der Waals surface area (Å²) < 4.78 is 21.5. The van der Waals surface area contributed by atoms with Crippen molar-refractivity contribution >= 4 is 22.6 Å².